The summed E-state index contributed by atoms with van der Waals surface area (Å²) < 4.78 is 0. The van der Waals surface area contributed by atoms with E-state index in [0.717, 1.165) is 19.3 Å². The Morgan fingerprint density at radius 3 is 2.88 bits per heavy atom. The van der Waals surface area contributed by atoms with Gasteiger partial charge in [0.25, 0.3) is 0 Å². The van der Waals surface area contributed by atoms with Crippen LogP contribution >= 0.6 is 11.6 Å². The highest BCUT2D eigenvalue weighted by molar-refractivity contribution is 6.31. The van der Waals surface area contributed by atoms with Crippen molar-refractivity contribution >= 4 is 23.1 Å². The SMILES string of the molecule is CC1CCC(Nc2ncnc(Cl)c2[N+](=O)[O-])C1. The van der Waals surface area contributed by atoms with Gasteiger partial charge in [-0.1, -0.05) is 18.5 Å². The first-order valence-electron chi connectivity index (χ1n) is 5.49. The molecule has 0 bridgehead atoms. The molecule has 1 aliphatic rings. The van der Waals surface area contributed by atoms with Gasteiger partial charge in [-0.15, -0.1) is 0 Å². The van der Waals surface area contributed by atoms with Crippen molar-refractivity contribution in [3.63, 3.8) is 0 Å². The molecule has 1 aromatic rings. The van der Waals surface area contributed by atoms with Crippen LogP contribution in [-0.2, 0) is 0 Å². The number of halogens is 1. The smallest absolute Gasteiger partial charge is 0.348 e. The molecule has 1 aromatic heterocycles. The quantitative estimate of drug-likeness (QED) is 0.511. The van der Waals surface area contributed by atoms with Crippen LogP contribution in [0.1, 0.15) is 26.2 Å². The van der Waals surface area contributed by atoms with Crippen molar-refractivity contribution in [2.45, 2.75) is 32.2 Å². The molecule has 0 aliphatic heterocycles. The topological polar surface area (TPSA) is 81.0 Å². The lowest BCUT2D eigenvalue weighted by Gasteiger charge is -2.12. The second-order valence-corrected chi connectivity index (χ2v) is 4.74. The molecule has 1 N–H and O–H groups in total. The van der Waals surface area contributed by atoms with Gasteiger partial charge in [-0.2, -0.15) is 0 Å². The first-order valence-corrected chi connectivity index (χ1v) is 5.87. The molecular weight excluding hydrogens is 244 g/mol. The van der Waals surface area contributed by atoms with E-state index in [1.807, 2.05) is 0 Å². The summed E-state index contributed by atoms with van der Waals surface area (Å²) in [6.45, 7) is 2.17. The highest BCUT2D eigenvalue weighted by Crippen LogP contribution is 2.32. The minimum atomic E-state index is -0.553. The van der Waals surface area contributed by atoms with Crippen molar-refractivity contribution < 1.29 is 4.92 Å². The van der Waals surface area contributed by atoms with E-state index >= 15 is 0 Å². The van der Waals surface area contributed by atoms with Crippen LogP contribution in [0.5, 0.6) is 0 Å². The molecule has 17 heavy (non-hydrogen) atoms. The fraction of sp³-hybridized carbons (Fsp3) is 0.600. The standard InChI is InChI=1S/C10H13ClN4O2/c1-6-2-3-7(4-6)14-10-8(15(16)17)9(11)12-5-13-10/h5-7H,2-4H2,1H3,(H,12,13,14). The van der Waals surface area contributed by atoms with E-state index < -0.39 is 4.92 Å². The van der Waals surface area contributed by atoms with E-state index in [1.165, 1.54) is 6.33 Å². The zero-order valence-corrected chi connectivity index (χ0v) is 10.1. The summed E-state index contributed by atoms with van der Waals surface area (Å²) in [5.74, 6) is 0.859. The summed E-state index contributed by atoms with van der Waals surface area (Å²) in [5, 5.41) is 13.8. The summed E-state index contributed by atoms with van der Waals surface area (Å²) in [5.41, 5.74) is -0.242. The number of rotatable bonds is 3. The molecule has 1 aliphatic carbocycles. The van der Waals surface area contributed by atoms with Crippen molar-refractivity contribution in [2.24, 2.45) is 5.92 Å². The Labute approximate surface area is 104 Å². The molecular formula is C10H13ClN4O2. The van der Waals surface area contributed by atoms with Crippen LogP contribution in [0.15, 0.2) is 6.33 Å². The van der Waals surface area contributed by atoms with Crippen LogP contribution in [-0.4, -0.2) is 20.9 Å². The summed E-state index contributed by atoms with van der Waals surface area (Å²) >= 11 is 5.71. The number of nitro groups is 1. The second-order valence-electron chi connectivity index (χ2n) is 4.38. The molecule has 2 unspecified atom stereocenters. The van der Waals surface area contributed by atoms with Crippen LogP contribution < -0.4 is 5.32 Å². The van der Waals surface area contributed by atoms with Crippen LogP contribution in [0.25, 0.3) is 0 Å². The lowest BCUT2D eigenvalue weighted by Crippen LogP contribution is -2.17. The van der Waals surface area contributed by atoms with Gasteiger partial charge in [0.05, 0.1) is 4.92 Å². The third kappa shape index (κ3) is 2.63. The van der Waals surface area contributed by atoms with Crippen molar-refractivity contribution in [3.8, 4) is 0 Å². The average molecular weight is 257 g/mol. The van der Waals surface area contributed by atoms with E-state index in [2.05, 4.69) is 22.2 Å². The fourth-order valence-corrected chi connectivity index (χ4v) is 2.36. The normalized spacial score (nSPS) is 23.6. The lowest BCUT2D eigenvalue weighted by molar-refractivity contribution is -0.384. The monoisotopic (exact) mass is 256 g/mol. The van der Waals surface area contributed by atoms with Gasteiger partial charge < -0.3 is 5.32 Å². The Morgan fingerprint density at radius 2 is 2.29 bits per heavy atom. The van der Waals surface area contributed by atoms with E-state index in [1.54, 1.807) is 0 Å². The van der Waals surface area contributed by atoms with Crippen molar-refractivity contribution in [3.05, 3.63) is 21.6 Å². The third-order valence-corrected chi connectivity index (χ3v) is 3.27. The van der Waals surface area contributed by atoms with E-state index in [9.17, 15) is 10.1 Å². The molecule has 0 saturated heterocycles. The molecule has 6 nitrogen and oxygen atoms in total. The van der Waals surface area contributed by atoms with Crippen LogP contribution in [0.2, 0.25) is 5.15 Å². The number of anilines is 1. The van der Waals surface area contributed by atoms with Crippen LogP contribution in [0, 0.1) is 16.0 Å². The predicted octanol–water partition coefficient (Wildman–Crippen LogP) is 2.64. The molecule has 0 spiro atoms. The average Bonchev–Trinajstić information content (AvgIpc) is 2.63. The van der Waals surface area contributed by atoms with Gasteiger partial charge in [-0.3, -0.25) is 10.1 Å². The predicted molar refractivity (Wildman–Crippen MR) is 64.1 cm³/mol. The maximum Gasteiger partial charge on any atom is 0.348 e. The molecule has 92 valence electrons. The van der Waals surface area contributed by atoms with Gasteiger partial charge in [-0.25, -0.2) is 9.97 Å². The largest absolute Gasteiger partial charge is 0.361 e. The van der Waals surface area contributed by atoms with Gasteiger partial charge >= 0.3 is 5.69 Å². The zero-order chi connectivity index (χ0) is 12.4. The molecule has 1 saturated carbocycles. The number of hydrogen-bond acceptors (Lipinski definition) is 5. The Bertz CT molecular complexity index is 440. The van der Waals surface area contributed by atoms with E-state index in [0.29, 0.717) is 5.92 Å². The summed E-state index contributed by atoms with van der Waals surface area (Å²) in [6.07, 6.45) is 4.36. The minimum Gasteiger partial charge on any atom is -0.361 e. The Morgan fingerprint density at radius 1 is 1.53 bits per heavy atom. The maximum atomic E-state index is 10.9. The zero-order valence-electron chi connectivity index (χ0n) is 9.39. The Balaban J connectivity index is 2.20. The van der Waals surface area contributed by atoms with Gasteiger partial charge in [0.15, 0.2) is 0 Å². The summed E-state index contributed by atoms with van der Waals surface area (Å²) in [7, 11) is 0. The first kappa shape index (κ1) is 12.0. The summed E-state index contributed by atoms with van der Waals surface area (Å²) in [6, 6.07) is 0.231. The molecule has 7 heteroatoms. The van der Waals surface area contributed by atoms with Crippen molar-refractivity contribution in [1.29, 1.82) is 0 Å². The van der Waals surface area contributed by atoms with E-state index in [-0.39, 0.29) is 22.7 Å². The third-order valence-electron chi connectivity index (χ3n) is 3.00. The number of nitrogens with one attached hydrogen (secondary N) is 1. The van der Waals surface area contributed by atoms with Crippen LogP contribution in [0.3, 0.4) is 0 Å². The van der Waals surface area contributed by atoms with E-state index in [4.69, 9.17) is 11.6 Å². The van der Waals surface area contributed by atoms with Gasteiger partial charge in [0, 0.05) is 6.04 Å². The van der Waals surface area contributed by atoms with Gasteiger partial charge in [0.2, 0.25) is 11.0 Å². The van der Waals surface area contributed by atoms with Gasteiger partial charge in [0.1, 0.15) is 6.33 Å². The molecule has 0 radical (unpaired) electrons. The molecule has 2 atom stereocenters. The molecule has 1 fully saturated rings. The molecule has 2 rings (SSSR count). The number of aromatic nitrogens is 2. The molecule has 1 heterocycles. The minimum absolute atomic E-state index is 0.126. The number of nitrogens with zero attached hydrogens (tertiary/aromatic N) is 3. The highest BCUT2D eigenvalue weighted by atomic mass is 35.5. The van der Waals surface area contributed by atoms with Crippen molar-refractivity contribution in [1.82, 2.24) is 9.97 Å². The highest BCUT2D eigenvalue weighted by Gasteiger charge is 2.27. The lowest BCUT2D eigenvalue weighted by atomic mass is 10.1. The fourth-order valence-electron chi connectivity index (χ4n) is 2.16. The Kier molecular flexibility index (Phi) is 3.42. The maximum absolute atomic E-state index is 10.9. The first-order chi connectivity index (χ1) is 8.08. The van der Waals surface area contributed by atoms with Crippen molar-refractivity contribution in [2.75, 3.05) is 5.32 Å². The Hall–Kier alpha value is -1.43. The molecule has 0 aromatic carbocycles. The number of hydrogen-bond donors (Lipinski definition) is 1. The molecule has 0 amide bonds. The van der Waals surface area contributed by atoms with Gasteiger partial charge in [-0.05, 0) is 25.2 Å². The van der Waals surface area contributed by atoms with Crippen LogP contribution in [0.4, 0.5) is 11.5 Å². The summed E-state index contributed by atoms with van der Waals surface area (Å²) in [4.78, 5) is 17.9. The second kappa shape index (κ2) is 4.83.